The lowest BCUT2D eigenvalue weighted by Gasteiger charge is -2.19. The van der Waals surface area contributed by atoms with Crippen LogP contribution in [0.15, 0.2) is 18.2 Å². The second-order valence-electron chi connectivity index (χ2n) is 5.35. The van der Waals surface area contributed by atoms with Crippen LogP contribution >= 0.6 is 0 Å². The Morgan fingerprint density at radius 1 is 1.14 bits per heavy atom. The standard InChI is InChI=1S/C17H28N2O2/c1-3-18-14-15-8-7-9-16(20-4-2)17(15)21-13-12-19-10-5-6-11-19/h7-9,18H,3-6,10-14H2,1-2H3. The van der Waals surface area contributed by atoms with Crippen LogP contribution in [0, 0.1) is 0 Å². The molecule has 1 saturated heterocycles. The van der Waals surface area contributed by atoms with Crippen LogP contribution in [-0.2, 0) is 6.54 Å². The summed E-state index contributed by atoms with van der Waals surface area (Å²) < 4.78 is 11.8. The Bertz CT molecular complexity index is 417. The molecule has 0 aliphatic carbocycles. The first-order valence-electron chi connectivity index (χ1n) is 8.15. The highest BCUT2D eigenvalue weighted by molar-refractivity contribution is 5.46. The van der Waals surface area contributed by atoms with Gasteiger partial charge in [-0.25, -0.2) is 0 Å². The van der Waals surface area contributed by atoms with Crippen LogP contribution in [0.3, 0.4) is 0 Å². The topological polar surface area (TPSA) is 33.7 Å². The van der Waals surface area contributed by atoms with Crippen molar-refractivity contribution >= 4 is 0 Å². The zero-order valence-corrected chi connectivity index (χ0v) is 13.4. The summed E-state index contributed by atoms with van der Waals surface area (Å²) in [6, 6.07) is 6.13. The molecule has 0 bridgehead atoms. The fraction of sp³-hybridized carbons (Fsp3) is 0.647. The number of benzene rings is 1. The third-order valence-electron chi connectivity index (χ3n) is 3.78. The molecule has 0 atom stereocenters. The Labute approximate surface area is 128 Å². The van der Waals surface area contributed by atoms with Crippen LogP contribution in [0.2, 0.25) is 0 Å². The molecule has 4 nitrogen and oxygen atoms in total. The maximum absolute atomic E-state index is 6.07. The van der Waals surface area contributed by atoms with Gasteiger partial charge in [0.05, 0.1) is 6.61 Å². The maximum atomic E-state index is 6.07. The molecule has 1 N–H and O–H groups in total. The van der Waals surface area contributed by atoms with Gasteiger partial charge in [-0.2, -0.15) is 0 Å². The van der Waals surface area contributed by atoms with Crippen molar-refractivity contribution < 1.29 is 9.47 Å². The molecule has 1 aliphatic rings. The molecule has 1 heterocycles. The molecule has 2 rings (SSSR count). The number of hydrogen-bond donors (Lipinski definition) is 1. The van der Waals surface area contributed by atoms with E-state index in [1.807, 2.05) is 19.1 Å². The summed E-state index contributed by atoms with van der Waals surface area (Å²) in [6.45, 7) is 10.7. The van der Waals surface area contributed by atoms with Crippen molar-refractivity contribution in [2.24, 2.45) is 0 Å². The van der Waals surface area contributed by atoms with E-state index in [1.165, 1.54) is 31.5 Å². The summed E-state index contributed by atoms with van der Waals surface area (Å²) >= 11 is 0. The third-order valence-corrected chi connectivity index (χ3v) is 3.78. The third kappa shape index (κ3) is 4.90. The lowest BCUT2D eigenvalue weighted by molar-refractivity contribution is 0.224. The lowest BCUT2D eigenvalue weighted by atomic mass is 10.2. The molecule has 4 heteroatoms. The Morgan fingerprint density at radius 2 is 1.95 bits per heavy atom. The van der Waals surface area contributed by atoms with Crippen molar-refractivity contribution in [3.63, 3.8) is 0 Å². The van der Waals surface area contributed by atoms with Crippen LogP contribution in [0.5, 0.6) is 11.5 Å². The molecule has 1 aromatic carbocycles. The van der Waals surface area contributed by atoms with Crippen molar-refractivity contribution in [1.82, 2.24) is 10.2 Å². The van der Waals surface area contributed by atoms with E-state index in [9.17, 15) is 0 Å². The molecule has 0 spiro atoms. The van der Waals surface area contributed by atoms with Gasteiger partial charge < -0.3 is 14.8 Å². The smallest absolute Gasteiger partial charge is 0.165 e. The predicted molar refractivity (Wildman–Crippen MR) is 86.2 cm³/mol. The van der Waals surface area contributed by atoms with Crippen molar-refractivity contribution in [2.45, 2.75) is 33.2 Å². The van der Waals surface area contributed by atoms with Crippen LogP contribution in [0.25, 0.3) is 0 Å². The fourth-order valence-electron chi connectivity index (χ4n) is 2.68. The van der Waals surface area contributed by atoms with Crippen LogP contribution in [-0.4, -0.2) is 44.3 Å². The SMILES string of the molecule is CCNCc1cccc(OCC)c1OCCN1CCCC1. The van der Waals surface area contributed by atoms with Gasteiger partial charge in [-0.1, -0.05) is 19.1 Å². The highest BCUT2D eigenvalue weighted by atomic mass is 16.5. The van der Waals surface area contributed by atoms with Gasteiger partial charge >= 0.3 is 0 Å². The normalized spacial score (nSPS) is 15.3. The minimum atomic E-state index is 0.660. The Hall–Kier alpha value is -1.26. The van der Waals surface area contributed by atoms with Gasteiger partial charge in [0.1, 0.15) is 6.61 Å². The quantitative estimate of drug-likeness (QED) is 0.759. The Morgan fingerprint density at radius 3 is 2.67 bits per heavy atom. The van der Waals surface area contributed by atoms with Crippen molar-refractivity contribution in [3.8, 4) is 11.5 Å². The molecule has 0 radical (unpaired) electrons. The predicted octanol–water partition coefficient (Wildman–Crippen LogP) is 2.67. The van der Waals surface area contributed by atoms with Crippen LogP contribution in [0.4, 0.5) is 0 Å². The molecule has 0 amide bonds. The number of nitrogens with zero attached hydrogens (tertiary/aromatic N) is 1. The van der Waals surface area contributed by atoms with E-state index in [0.717, 1.165) is 37.7 Å². The first-order chi connectivity index (χ1) is 10.3. The highest BCUT2D eigenvalue weighted by Crippen LogP contribution is 2.31. The largest absolute Gasteiger partial charge is 0.490 e. The average Bonchev–Trinajstić information content (AvgIpc) is 3.00. The number of rotatable bonds is 9. The van der Waals surface area contributed by atoms with Gasteiger partial charge in [-0.3, -0.25) is 4.90 Å². The summed E-state index contributed by atoms with van der Waals surface area (Å²) in [6.07, 6.45) is 2.64. The van der Waals surface area contributed by atoms with E-state index in [2.05, 4.69) is 23.2 Å². The fourth-order valence-corrected chi connectivity index (χ4v) is 2.68. The number of para-hydroxylation sites is 1. The molecule has 21 heavy (non-hydrogen) atoms. The molecular formula is C17H28N2O2. The van der Waals surface area contributed by atoms with Crippen LogP contribution < -0.4 is 14.8 Å². The van der Waals surface area contributed by atoms with Crippen molar-refractivity contribution in [3.05, 3.63) is 23.8 Å². The first-order valence-corrected chi connectivity index (χ1v) is 8.15. The Kier molecular flexibility index (Phi) is 6.83. The lowest BCUT2D eigenvalue weighted by Crippen LogP contribution is -2.25. The number of likely N-dealkylation sites (tertiary alicyclic amines) is 1. The molecular weight excluding hydrogens is 264 g/mol. The summed E-state index contributed by atoms with van der Waals surface area (Å²) in [5.74, 6) is 1.76. The van der Waals surface area contributed by atoms with Gasteiger partial charge in [0.25, 0.3) is 0 Å². The van der Waals surface area contributed by atoms with E-state index in [4.69, 9.17) is 9.47 Å². The zero-order chi connectivity index (χ0) is 14.9. The van der Waals surface area contributed by atoms with Gasteiger partial charge in [-0.15, -0.1) is 0 Å². The maximum Gasteiger partial charge on any atom is 0.165 e. The zero-order valence-electron chi connectivity index (χ0n) is 13.4. The minimum absolute atomic E-state index is 0.660. The molecule has 0 unspecified atom stereocenters. The monoisotopic (exact) mass is 292 g/mol. The van der Waals surface area contributed by atoms with Gasteiger partial charge in [0, 0.05) is 18.7 Å². The Balaban J connectivity index is 1.98. The number of ether oxygens (including phenoxy) is 2. The molecule has 1 aliphatic heterocycles. The average molecular weight is 292 g/mol. The second kappa shape index (κ2) is 8.90. The first kappa shape index (κ1) is 16.1. The second-order valence-corrected chi connectivity index (χ2v) is 5.35. The molecule has 1 fully saturated rings. The minimum Gasteiger partial charge on any atom is -0.490 e. The molecule has 0 saturated carbocycles. The van der Waals surface area contributed by atoms with E-state index >= 15 is 0 Å². The number of hydrogen-bond acceptors (Lipinski definition) is 4. The highest BCUT2D eigenvalue weighted by Gasteiger charge is 2.14. The summed E-state index contributed by atoms with van der Waals surface area (Å²) in [7, 11) is 0. The number of nitrogens with one attached hydrogen (secondary N) is 1. The van der Waals surface area contributed by atoms with E-state index in [-0.39, 0.29) is 0 Å². The van der Waals surface area contributed by atoms with Crippen molar-refractivity contribution in [2.75, 3.05) is 39.4 Å². The van der Waals surface area contributed by atoms with E-state index < -0.39 is 0 Å². The van der Waals surface area contributed by atoms with E-state index in [1.54, 1.807) is 0 Å². The van der Waals surface area contributed by atoms with Crippen LogP contribution in [0.1, 0.15) is 32.3 Å². The summed E-state index contributed by atoms with van der Waals surface area (Å²) in [5.41, 5.74) is 1.17. The molecule has 1 aromatic rings. The van der Waals surface area contributed by atoms with Gasteiger partial charge in [-0.05, 0) is 45.5 Å². The van der Waals surface area contributed by atoms with Gasteiger partial charge in [0.15, 0.2) is 11.5 Å². The molecule has 118 valence electrons. The summed E-state index contributed by atoms with van der Waals surface area (Å²) in [5, 5.41) is 3.36. The van der Waals surface area contributed by atoms with Crippen molar-refractivity contribution in [1.29, 1.82) is 0 Å². The molecule has 0 aromatic heterocycles. The van der Waals surface area contributed by atoms with Gasteiger partial charge in [0.2, 0.25) is 0 Å². The summed E-state index contributed by atoms with van der Waals surface area (Å²) in [4.78, 5) is 2.47. The van der Waals surface area contributed by atoms with E-state index in [0.29, 0.717) is 6.61 Å².